The molecule has 0 aliphatic carbocycles. The summed E-state index contributed by atoms with van der Waals surface area (Å²) >= 11 is 0. The van der Waals surface area contributed by atoms with Crippen LogP contribution in [0.4, 0.5) is 0 Å². The molecule has 2 fully saturated rings. The number of benzene rings is 2. The van der Waals surface area contributed by atoms with Crippen LogP contribution in [0.3, 0.4) is 0 Å². The molecule has 2 saturated heterocycles. The molecule has 63 heavy (non-hydrogen) atoms. The minimum Gasteiger partial charge on any atom is -0.391 e. The monoisotopic (exact) mass is 879 g/mol. The number of H-pyrrole nitrogens is 1. The lowest BCUT2D eigenvalue weighted by Crippen LogP contribution is -2.63. The number of amides is 4. The molecule has 17 N–H and O–H groups in total. The van der Waals surface area contributed by atoms with Crippen molar-refractivity contribution in [2.45, 2.75) is 125 Å². The van der Waals surface area contributed by atoms with Crippen LogP contribution in [0.15, 0.2) is 60.8 Å². The number of nitrogens with two attached hydrogens (primary N) is 2. The quantitative estimate of drug-likeness (QED) is 0.0576. The molecule has 5 rings (SSSR count). The van der Waals surface area contributed by atoms with Crippen molar-refractivity contribution in [3.63, 3.8) is 0 Å². The number of fused-ring (bicyclic) bond motifs is 2. The van der Waals surface area contributed by atoms with Crippen LogP contribution in [0, 0.1) is 5.41 Å². The van der Waals surface area contributed by atoms with E-state index in [2.05, 4.69) is 42.2 Å². The van der Waals surface area contributed by atoms with Gasteiger partial charge in [0.25, 0.3) is 0 Å². The number of para-hydroxylation sites is 1. The van der Waals surface area contributed by atoms with Crippen LogP contribution in [0.1, 0.15) is 62.5 Å². The predicted molar refractivity (Wildman–Crippen MR) is 236 cm³/mol. The van der Waals surface area contributed by atoms with E-state index in [1.807, 2.05) is 54.6 Å². The van der Waals surface area contributed by atoms with E-state index < -0.39 is 78.8 Å². The average Bonchev–Trinajstić information content (AvgIpc) is 3.86. The van der Waals surface area contributed by atoms with Crippen LogP contribution in [-0.4, -0.2) is 148 Å². The van der Waals surface area contributed by atoms with Crippen molar-refractivity contribution >= 4 is 40.5 Å². The zero-order chi connectivity index (χ0) is 45.5. The number of nitrogens with one attached hydrogen (secondary N) is 9. The van der Waals surface area contributed by atoms with E-state index in [1.54, 1.807) is 13.2 Å². The zero-order valence-electron chi connectivity index (χ0n) is 35.8. The van der Waals surface area contributed by atoms with Crippen molar-refractivity contribution in [3.05, 3.63) is 71.9 Å². The molecule has 20 heteroatoms. The zero-order valence-corrected chi connectivity index (χ0v) is 35.8. The number of aromatic amines is 1. The number of aliphatic hydroxyl groups excluding tert-OH is 4. The summed E-state index contributed by atoms with van der Waals surface area (Å²) in [6, 6.07) is 10.9. The van der Waals surface area contributed by atoms with Gasteiger partial charge in [-0.15, -0.1) is 0 Å². The Labute approximate surface area is 367 Å². The summed E-state index contributed by atoms with van der Waals surface area (Å²) in [5.74, 6) is -2.31. The van der Waals surface area contributed by atoms with Gasteiger partial charge in [0.2, 0.25) is 23.6 Å². The third kappa shape index (κ3) is 14.4. The van der Waals surface area contributed by atoms with Gasteiger partial charge in [-0.25, -0.2) is 0 Å². The van der Waals surface area contributed by atoms with Crippen molar-refractivity contribution in [2.75, 3.05) is 26.7 Å². The van der Waals surface area contributed by atoms with Crippen molar-refractivity contribution < 1.29 is 39.6 Å². The van der Waals surface area contributed by atoms with Crippen LogP contribution < -0.4 is 48.7 Å². The van der Waals surface area contributed by atoms with Crippen molar-refractivity contribution in [1.82, 2.24) is 47.1 Å². The Hall–Kier alpha value is -5.19. The van der Waals surface area contributed by atoms with E-state index in [4.69, 9.17) is 16.9 Å². The summed E-state index contributed by atoms with van der Waals surface area (Å²) in [7, 11) is 1.58. The van der Waals surface area contributed by atoms with E-state index in [0.29, 0.717) is 19.3 Å². The number of primary amides is 1. The lowest BCUT2D eigenvalue weighted by molar-refractivity contribution is -0.141. The first kappa shape index (κ1) is 48.8. The molecular formula is C43H66N12O8. The molecule has 0 radical (unpaired) electrons. The number of carbonyl (C=O) groups excluding carboxylic acids is 4. The Kier molecular flexibility index (Phi) is 18.6. The first-order chi connectivity index (χ1) is 30.2. The highest BCUT2D eigenvalue weighted by Crippen LogP contribution is 2.23. The average molecular weight is 879 g/mol. The largest absolute Gasteiger partial charge is 0.391 e. The van der Waals surface area contributed by atoms with Crippen LogP contribution in [0.2, 0.25) is 0 Å². The number of hydrogen-bond acceptors (Lipinski definition) is 13. The van der Waals surface area contributed by atoms with Crippen molar-refractivity contribution in [1.29, 1.82) is 5.41 Å². The molecule has 2 aromatic carbocycles. The maximum atomic E-state index is 14.2. The second kappa shape index (κ2) is 24.0. The summed E-state index contributed by atoms with van der Waals surface area (Å²) < 4.78 is 0. The minimum absolute atomic E-state index is 0.00181. The summed E-state index contributed by atoms with van der Waals surface area (Å²) in [6.45, 7) is 0.441. The van der Waals surface area contributed by atoms with Crippen LogP contribution in [0.25, 0.3) is 10.9 Å². The molecule has 4 amide bonds. The molecule has 1 aromatic heterocycles. The topological polar surface area (TPSA) is 328 Å². The highest BCUT2D eigenvalue weighted by molar-refractivity contribution is 5.91. The molecule has 2 aliphatic rings. The number of hydrogen-bond donors (Lipinski definition) is 15. The highest BCUT2D eigenvalue weighted by Gasteiger charge is 2.42. The standard InChI is InChI=1S/C43H66N12O8/c1-47-32-16-17-36(57)48-18-8-7-14-30(37(44)58)51-40(61)34(21-26-23-50-29-13-6-5-12-28(26)29)53-38(59)31(15-9-19-49-43(45)46)52-39(60)33(20-25-10-3-2-4-11-25)54-41(62)35-22-27(56)24-55(35)42(32)63/h2-6,10-13,23,27,30-35,38-40,47,50-53,56,59-61H,7-9,14-22,24H2,1H3,(H2,44,58)(H,48,57)(H,54,62)(H4,45,46,49)/t27-,30+,31+,32+,33-,34+,35+,38+,39+,40+/m1/s1. The van der Waals surface area contributed by atoms with Gasteiger partial charge in [0, 0.05) is 55.6 Å². The third-order valence-corrected chi connectivity index (χ3v) is 11.8. The van der Waals surface area contributed by atoms with Crippen molar-refractivity contribution in [2.24, 2.45) is 11.5 Å². The molecule has 0 spiro atoms. The Morgan fingerprint density at radius 3 is 2.30 bits per heavy atom. The van der Waals surface area contributed by atoms with Crippen LogP contribution in [-0.2, 0) is 32.0 Å². The molecule has 3 aromatic rings. The summed E-state index contributed by atoms with van der Waals surface area (Å²) in [5, 5.41) is 75.7. The number of aromatic nitrogens is 1. The maximum Gasteiger partial charge on any atom is 0.243 e. The van der Waals surface area contributed by atoms with E-state index in [1.165, 1.54) is 4.90 Å². The molecule has 10 atom stereocenters. The van der Waals surface area contributed by atoms with Gasteiger partial charge >= 0.3 is 0 Å². The fourth-order valence-corrected chi connectivity index (χ4v) is 8.33. The number of rotatable bonds is 10. The van der Waals surface area contributed by atoms with Gasteiger partial charge in [-0.1, -0.05) is 48.5 Å². The Balaban J connectivity index is 1.49. The smallest absolute Gasteiger partial charge is 0.243 e. The molecule has 346 valence electrons. The molecular weight excluding hydrogens is 813 g/mol. The Morgan fingerprint density at radius 2 is 1.57 bits per heavy atom. The van der Waals surface area contributed by atoms with E-state index in [9.17, 15) is 39.6 Å². The van der Waals surface area contributed by atoms with Gasteiger partial charge in [0.15, 0.2) is 5.96 Å². The van der Waals surface area contributed by atoms with E-state index >= 15 is 0 Å². The summed E-state index contributed by atoms with van der Waals surface area (Å²) in [6.07, 6.45) is -1.49. The Morgan fingerprint density at radius 1 is 0.873 bits per heavy atom. The first-order valence-corrected chi connectivity index (χ1v) is 21.7. The van der Waals surface area contributed by atoms with Gasteiger partial charge in [-0.2, -0.15) is 0 Å². The minimum atomic E-state index is -1.50. The number of likely N-dealkylation sites (N-methyl/N-ethyl adjacent to an activating group) is 1. The molecule has 0 saturated carbocycles. The Bertz CT molecular complexity index is 1950. The molecule has 2 aliphatic heterocycles. The lowest BCUT2D eigenvalue weighted by Gasteiger charge is -2.36. The van der Waals surface area contributed by atoms with Gasteiger partial charge in [-0.3, -0.25) is 40.5 Å². The SMILES string of the molecule is CN[C@H]1CCC(=O)NCCCC[C@@H](C(N)=O)N[C@@H](O)[C@H](Cc2c[nH]c3ccccc23)N[C@@H](O)[C@H](CCCNC(=N)N)N[C@@H](O)[C@@H](Cc2ccccc2)NC(=O)[C@@H]2C[C@@H](O)CN2C1=O. The van der Waals surface area contributed by atoms with Crippen molar-refractivity contribution in [3.8, 4) is 0 Å². The number of nitrogens with zero attached hydrogens (tertiary/aromatic N) is 1. The fourth-order valence-electron chi connectivity index (χ4n) is 8.33. The maximum absolute atomic E-state index is 14.2. The van der Waals surface area contributed by atoms with E-state index in [0.717, 1.165) is 22.0 Å². The molecule has 0 bridgehead atoms. The molecule has 0 unspecified atom stereocenters. The molecule has 3 heterocycles. The summed E-state index contributed by atoms with van der Waals surface area (Å²) in [4.78, 5) is 58.2. The van der Waals surface area contributed by atoms with E-state index in [-0.39, 0.29) is 76.4 Å². The number of aliphatic hydroxyl groups is 4. The normalized spacial score (nSPS) is 29.0. The second-order valence-corrected chi connectivity index (χ2v) is 16.5. The third-order valence-electron chi connectivity index (χ3n) is 11.8. The van der Waals surface area contributed by atoms with Crippen LogP contribution >= 0.6 is 0 Å². The van der Waals surface area contributed by atoms with Gasteiger partial charge < -0.3 is 63.0 Å². The fraction of sp³-hybridized carbons (Fsp3) is 0.558. The van der Waals surface area contributed by atoms with Gasteiger partial charge in [0.05, 0.1) is 30.3 Å². The lowest BCUT2D eigenvalue weighted by atomic mass is 10.00. The van der Waals surface area contributed by atoms with Gasteiger partial charge in [-0.05, 0) is 75.6 Å². The summed E-state index contributed by atoms with van der Waals surface area (Å²) in [5.41, 5.74) is 13.8. The van der Waals surface area contributed by atoms with Crippen LogP contribution in [0.5, 0.6) is 0 Å². The highest BCUT2D eigenvalue weighted by atomic mass is 16.3. The predicted octanol–water partition coefficient (Wildman–Crippen LogP) is -2.35. The molecule has 20 nitrogen and oxygen atoms in total. The number of guanidine groups is 1. The first-order valence-electron chi connectivity index (χ1n) is 21.7. The van der Waals surface area contributed by atoms with Gasteiger partial charge in [0.1, 0.15) is 24.7 Å². The number of carbonyl (C=O) groups is 4. The second-order valence-electron chi connectivity index (χ2n) is 16.5.